The van der Waals surface area contributed by atoms with Crippen LogP contribution >= 0.6 is 11.6 Å². The van der Waals surface area contributed by atoms with Crippen LogP contribution in [0.15, 0.2) is 66.7 Å². The molecule has 0 spiro atoms. The molecule has 2 amide bonds. The number of aryl methyl sites for hydroxylation is 1. The number of benzene rings is 3. The van der Waals surface area contributed by atoms with Crippen LogP contribution in [-0.4, -0.2) is 38.1 Å². The van der Waals surface area contributed by atoms with Crippen molar-refractivity contribution in [2.75, 3.05) is 41.8 Å². The van der Waals surface area contributed by atoms with Crippen molar-refractivity contribution in [2.24, 2.45) is 0 Å². The van der Waals surface area contributed by atoms with Gasteiger partial charge in [0, 0.05) is 47.2 Å². The molecular weight excluding hydrogens is 438 g/mol. The van der Waals surface area contributed by atoms with Crippen LogP contribution in [0.4, 0.5) is 17.1 Å². The van der Waals surface area contributed by atoms with E-state index in [0.29, 0.717) is 41.6 Å². The van der Waals surface area contributed by atoms with E-state index in [1.165, 1.54) is 0 Å². The third-order valence-corrected chi connectivity index (χ3v) is 5.88. The van der Waals surface area contributed by atoms with Gasteiger partial charge in [-0.05, 0) is 60.5 Å². The standard InChI is InChI=1S/C26H26ClN3O3/c1-18-8-9-21(15-24(18)29-26(32)20-5-2-4-19(14-20)17-27)25(31)28-22-6-3-7-23(16-22)30-10-12-33-13-11-30/h2-9,14-16H,10-13,17H2,1H3,(H,28,31)(H,29,32). The summed E-state index contributed by atoms with van der Waals surface area (Å²) in [5.41, 5.74) is 5.06. The first-order chi connectivity index (χ1) is 16.0. The molecule has 3 aromatic carbocycles. The molecule has 0 aliphatic carbocycles. The maximum atomic E-state index is 12.9. The number of morpholine rings is 1. The molecule has 0 bridgehead atoms. The number of carbonyl (C=O) groups excluding carboxylic acids is 2. The monoisotopic (exact) mass is 463 g/mol. The number of halogens is 1. The third-order valence-electron chi connectivity index (χ3n) is 5.57. The SMILES string of the molecule is Cc1ccc(C(=O)Nc2cccc(N3CCOCC3)c2)cc1NC(=O)c1cccc(CCl)c1. The lowest BCUT2D eigenvalue weighted by Crippen LogP contribution is -2.36. The lowest BCUT2D eigenvalue weighted by molar-refractivity contribution is 0.101. The number of hydrogen-bond donors (Lipinski definition) is 2. The van der Waals surface area contributed by atoms with Crippen LogP contribution in [0.2, 0.25) is 0 Å². The number of alkyl halides is 1. The normalized spacial score (nSPS) is 13.5. The van der Waals surface area contributed by atoms with Crippen molar-refractivity contribution in [2.45, 2.75) is 12.8 Å². The van der Waals surface area contributed by atoms with Crippen molar-refractivity contribution < 1.29 is 14.3 Å². The fourth-order valence-corrected chi connectivity index (χ4v) is 3.86. The first kappa shape index (κ1) is 22.8. The zero-order chi connectivity index (χ0) is 23.2. The van der Waals surface area contributed by atoms with Crippen molar-refractivity contribution in [3.05, 3.63) is 89.0 Å². The topological polar surface area (TPSA) is 70.7 Å². The maximum absolute atomic E-state index is 12.9. The molecule has 0 atom stereocenters. The number of anilines is 3. The Kier molecular flexibility index (Phi) is 7.27. The van der Waals surface area contributed by atoms with E-state index in [0.717, 1.165) is 29.9 Å². The van der Waals surface area contributed by atoms with Gasteiger partial charge in [0.25, 0.3) is 11.8 Å². The van der Waals surface area contributed by atoms with E-state index in [9.17, 15) is 9.59 Å². The van der Waals surface area contributed by atoms with Crippen LogP contribution in [0, 0.1) is 6.92 Å². The van der Waals surface area contributed by atoms with Crippen LogP contribution in [0.5, 0.6) is 0 Å². The zero-order valence-corrected chi connectivity index (χ0v) is 19.2. The van der Waals surface area contributed by atoms with Crippen LogP contribution in [0.1, 0.15) is 31.8 Å². The fraction of sp³-hybridized carbons (Fsp3) is 0.231. The number of carbonyl (C=O) groups is 2. The Bertz CT molecular complexity index is 1160. The molecule has 1 heterocycles. The Labute approximate surface area is 198 Å². The number of nitrogens with zero attached hydrogens (tertiary/aromatic N) is 1. The average molecular weight is 464 g/mol. The minimum absolute atomic E-state index is 0.242. The van der Waals surface area contributed by atoms with Crippen LogP contribution in [0.3, 0.4) is 0 Å². The smallest absolute Gasteiger partial charge is 0.255 e. The molecule has 0 aromatic heterocycles. The van der Waals surface area contributed by atoms with E-state index >= 15 is 0 Å². The highest BCUT2D eigenvalue weighted by molar-refractivity contribution is 6.17. The number of hydrogen-bond acceptors (Lipinski definition) is 4. The van der Waals surface area contributed by atoms with Crippen molar-refractivity contribution >= 4 is 40.5 Å². The van der Waals surface area contributed by atoms with Gasteiger partial charge in [-0.1, -0.05) is 24.3 Å². The highest BCUT2D eigenvalue weighted by atomic mass is 35.5. The molecule has 33 heavy (non-hydrogen) atoms. The van der Waals surface area contributed by atoms with E-state index in [2.05, 4.69) is 15.5 Å². The molecule has 7 heteroatoms. The Morgan fingerprint density at radius 2 is 1.64 bits per heavy atom. The van der Waals surface area contributed by atoms with Gasteiger partial charge in [-0.2, -0.15) is 0 Å². The summed E-state index contributed by atoms with van der Waals surface area (Å²) in [4.78, 5) is 27.9. The predicted octanol–water partition coefficient (Wildman–Crippen LogP) is 5.08. The summed E-state index contributed by atoms with van der Waals surface area (Å²) in [5, 5.41) is 5.87. The summed E-state index contributed by atoms with van der Waals surface area (Å²) in [6, 6.07) is 20.2. The molecule has 0 unspecified atom stereocenters. The van der Waals surface area contributed by atoms with E-state index in [-0.39, 0.29) is 11.8 Å². The molecule has 1 aliphatic heterocycles. The second kappa shape index (κ2) is 10.5. The lowest BCUT2D eigenvalue weighted by Gasteiger charge is -2.29. The predicted molar refractivity (Wildman–Crippen MR) is 133 cm³/mol. The van der Waals surface area contributed by atoms with Gasteiger partial charge in [-0.3, -0.25) is 9.59 Å². The van der Waals surface area contributed by atoms with Gasteiger partial charge in [0.15, 0.2) is 0 Å². The average Bonchev–Trinajstić information content (AvgIpc) is 2.86. The Hall–Kier alpha value is -3.35. The van der Waals surface area contributed by atoms with Crippen molar-refractivity contribution in [1.29, 1.82) is 0 Å². The molecule has 4 rings (SSSR count). The summed E-state index contributed by atoms with van der Waals surface area (Å²) >= 11 is 5.88. The molecule has 1 saturated heterocycles. The Morgan fingerprint density at radius 1 is 0.909 bits per heavy atom. The maximum Gasteiger partial charge on any atom is 0.255 e. The van der Waals surface area contributed by atoms with Gasteiger partial charge in [0.1, 0.15) is 0 Å². The molecular formula is C26H26ClN3O3. The summed E-state index contributed by atoms with van der Waals surface area (Å²) < 4.78 is 5.41. The first-order valence-electron chi connectivity index (χ1n) is 10.8. The van der Waals surface area contributed by atoms with E-state index in [4.69, 9.17) is 16.3 Å². The summed E-state index contributed by atoms with van der Waals surface area (Å²) in [6.07, 6.45) is 0. The van der Waals surface area contributed by atoms with Crippen LogP contribution in [0.25, 0.3) is 0 Å². The third kappa shape index (κ3) is 5.72. The van der Waals surface area contributed by atoms with Crippen molar-refractivity contribution in [3.63, 3.8) is 0 Å². The van der Waals surface area contributed by atoms with Gasteiger partial charge < -0.3 is 20.3 Å². The van der Waals surface area contributed by atoms with Crippen molar-refractivity contribution in [3.8, 4) is 0 Å². The summed E-state index contributed by atoms with van der Waals surface area (Å²) in [5.74, 6) is -0.155. The fourth-order valence-electron chi connectivity index (χ4n) is 3.69. The minimum atomic E-state index is -0.249. The molecule has 170 valence electrons. The number of amides is 2. The molecule has 2 N–H and O–H groups in total. The molecule has 1 fully saturated rings. The Balaban J connectivity index is 1.48. The molecule has 0 saturated carbocycles. The van der Waals surface area contributed by atoms with Gasteiger partial charge in [-0.25, -0.2) is 0 Å². The van der Waals surface area contributed by atoms with Gasteiger partial charge in [0.05, 0.1) is 13.2 Å². The molecule has 1 aliphatic rings. The lowest BCUT2D eigenvalue weighted by atomic mass is 10.1. The van der Waals surface area contributed by atoms with Crippen LogP contribution in [-0.2, 0) is 10.6 Å². The van der Waals surface area contributed by atoms with Crippen LogP contribution < -0.4 is 15.5 Å². The van der Waals surface area contributed by atoms with E-state index in [1.54, 1.807) is 30.3 Å². The Morgan fingerprint density at radius 3 is 2.42 bits per heavy atom. The largest absolute Gasteiger partial charge is 0.378 e. The van der Waals surface area contributed by atoms with Crippen molar-refractivity contribution in [1.82, 2.24) is 0 Å². The second-order valence-corrected chi connectivity index (χ2v) is 8.19. The molecule has 3 aromatic rings. The highest BCUT2D eigenvalue weighted by Crippen LogP contribution is 2.23. The number of ether oxygens (including phenoxy) is 1. The highest BCUT2D eigenvalue weighted by Gasteiger charge is 2.14. The van der Waals surface area contributed by atoms with E-state index in [1.807, 2.05) is 43.3 Å². The summed E-state index contributed by atoms with van der Waals surface area (Å²) in [7, 11) is 0. The van der Waals surface area contributed by atoms with E-state index < -0.39 is 0 Å². The minimum Gasteiger partial charge on any atom is -0.378 e. The van der Waals surface area contributed by atoms with Gasteiger partial charge in [-0.15, -0.1) is 11.6 Å². The first-order valence-corrected chi connectivity index (χ1v) is 11.4. The van der Waals surface area contributed by atoms with Gasteiger partial charge >= 0.3 is 0 Å². The number of nitrogens with one attached hydrogen (secondary N) is 2. The van der Waals surface area contributed by atoms with Gasteiger partial charge in [0.2, 0.25) is 0 Å². The molecule has 0 radical (unpaired) electrons. The summed E-state index contributed by atoms with van der Waals surface area (Å²) in [6.45, 7) is 4.94. The zero-order valence-electron chi connectivity index (χ0n) is 18.4. The quantitative estimate of drug-likeness (QED) is 0.500. The second-order valence-electron chi connectivity index (χ2n) is 7.92. The number of rotatable bonds is 6. The molecule has 6 nitrogen and oxygen atoms in total.